The van der Waals surface area contributed by atoms with Crippen molar-refractivity contribution in [3.63, 3.8) is 0 Å². The van der Waals surface area contributed by atoms with Gasteiger partial charge in [-0.1, -0.05) is 23.7 Å². The predicted molar refractivity (Wildman–Crippen MR) is 99.8 cm³/mol. The van der Waals surface area contributed by atoms with Crippen molar-refractivity contribution in [2.45, 2.75) is 6.61 Å². The molecule has 1 heterocycles. The van der Waals surface area contributed by atoms with Crippen LogP contribution in [0.2, 0.25) is 5.15 Å². The van der Waals surface area contributed by atoms with Gasteiger partial charge in [0.25, 0.3) is 0 Å². The van der Waals surface area contributed by atoms with Gasteiger partial charge >= 0.3 is 5.97 Å². The first-order chi connectivity index (χ1) is 13.1. The zero-order valence-electron chi connectivity index (χ0n) is 14.4. The molecule has 0 saturated heterocycles. The minimum atomic E-state index is -0.575. The van der Waals surface area contributed by atoms with E-state index in [-0.39, 0.29) is 18.4 Å². The smallest absolute Gasteiger partial charge is 0.344 e. The highest BCUT2D eigenvalue weighted by molar-refractivity contribution is 6.30. The fraction of sp³-hybridized carbons (Fsp3) is 0.150. The zero-order chi connectivity index (χ0) is 19.2. The molecule has 0 bridgehead atoms. The molecule has 0 atom stereocenters. The van der Waals surface area contributed by atoms with E-state index in [1.54, 1.807) is 37.4 Å². The standard InChI is InChI=1S/C20H15ClN2O4/c1-25-16-7-6-13-8-15(20(21)23-17(13)9-16)11-27-19(24)12-26-18-5-3-2-4-14(18)10-22/h2-9H,11-12H2,1H3. The molecule has 7 heteroatoms. The first-order valence-electron chi connectivity index (χ1n) is 8.01. The van der Waals surface area contributed by atoms with Gasteiger partial charge in [0.15, 0.2) is 6.61 Å². The molecule has 0 amide bonds. The molecule has 2 aromatic carbocycles. The maximum Gasteiger partial charge on any atom is 0.344 e. The maximum atomic E-state index is 11.9. The number of benzene rings is 2. The van der Waals surface area contributed by atoms with Crippen LogP contribution in [0.25, 0.3) is 10.9 Å². The van der Waals surface area contributed by atoms with Crippen LogP contribution in [0.3, 0.4) is 0 Å². The zero-order valence-corrected chi connectivity index (χ0v) is 15.2. The first kappa shape index (κ1) is 18.5. The van der Waals surface area contributed by atoms with Gasteiger partial charge in [-0.2, -0.15) is 5.26 Å². The van der Waals surface area contributed by atoms with E-state index in [9.17, 15) is 4.79 Å². The van der Waals surface area contributed by atoms with E-state index in [2.05, 4.69) is 4.98 Å². The predicted octanol–water partition coefficient (Wildman–Crippen LogP) is 3.89. The second kappa shape index (κ2) is 8.39. The van der Waals surface area contributed by atoms with Crippen LogP contribution in [0, 0.1) is 11.3 Å². The lowest BCUT2D eigenvalue weighted by Crippen LogP contribution is -2.15. The summed E-state index contributed by atoms with van der Waals surface area (Å²) in [6.07, 6.45) is 0. The average molecular weight is 383 g/mol. The van der Waals surface area contributed by atoms with E-state index in [1.807, 2.05) is 24.3 Å². The van der Waals surface area contributed by atoms with Crippen molar-refractivity contribution < 1.29 is 19.0 Å². The summed E-state index contributed by atoms with van der Waals surface area (Å²) >= 11 is 6.18. The molecule has 0 unspecified atom stereocenters. The summed E-state index contributed by atoms with van der Waals surface area (Å²) in [6.45, 7) is -0.343. The fourth-order valence-electron chi connectivity index (χ4n) is 2.42. The van der Waals surface area contributed by atoms with Crippen molar-refractivity contribution in [3.05, 3.63) is 64.8 Å². The highest BCUT2D eigenvalue weighted by Crippen LogP contribution is 2.24. The monoisotopic (exact) mass is 382 g/mol. The summed E-state index contributed by atoms with van der Waals surface area (Å²) in [5.41, 5.74) is 1.62. The number of methoxy groups -OCH3 is 1. The van der Waals surface area contributed by atoms with Crippen LogP contribution in [0.15, 0.2) is 48.5 Å². The molecular formula is C20H15ClN2O4. The minimum Gasteiger partial charge on any atom is -0.497 e. The molecule has 0 saturated carbocycles. The quantitative estimate of drug-likeness (QED) is 0.475. The Kier molecular flexibility index (Phi) is 5.74. The third-order valence-electron chi connectivity index (χ3n) is 3.79. The summed E-state index contributed by atoms with van der Waals surface area (Å²) in [7, 11) is 1.58. The highest BCUT2D eigenvalue weighted by Gasteiger charge is 2.11. The van der Waals surface area contributed by atoms with Crippen LogP contribution in [0.5, 0.6) is 11.5 Å². The number of ether oxygens (including phenoxy) is 3. The van der Waals surface area contributed by atoms with Crippen molar-refractivity contribution in [1.29, 1.82) is 5.26 Å². The molecule has 0 fully saturated rings. The number of fused-ring (bicyclic) bond motifs is 1. The minimum absolute atomic E-state index is 0.0319. The molecule has 1 aromatic heterocycles. The summed E-state index contributed by atoms with van der Waals surface area (Å²) < 4.78 is 15.7. The van der Waals surface area contributed by atoms with Gasteiger partial charge in [-0.3, -0.25) is 0 Å². The van der Waals surface area contributed by atoms with Crippen molar-refractivity contribution in [2.24, 2.45) is 0 Å². The van der Waals surface area contributed by atoms with Crippen LogP contribution >= 0.6 is 11.6 Å². The molecule has 6 nitrogen and oxygen atoms in total. The molecule has 3 aromatic rings. The Morgan fingerprint density at radius 3 is 2.81 bits per heavy atom. The number of hydrogen-bond acceptors (Lipinski definition) is 6. The summed E-state index contributed by atoms with van der Waals surface area (Å²) in [4.78, 5) is 16.2. The van der Waals surface area contributed by atoms with Gasteiger partial charge in [-0.15, -0.1) is 0 Å². The molecule has 0 aliphatic carbocycles. The lowest BCUT2D eigenvalue weighted by atomic mass is 10.1. The second-order valence-corrected chi connectivity index (χ2v) is 5.91. The number of esters is 1. The first-order valence-corrected chi connectivity index (χ1v) is 8.39. The van der Waals surface area contributed by atoms with Crippen molar-refractivity contribution in [1.82, 2.24) is 4.98 Å². The van der Waals surface area contributed by atoms with Crippen LogP contribution in [-0.4, -0.2) is 24.7 Å². The molecule has 0 aliphatic heterocycles. The molecule has 0 aliphatic rings. The molecular weight excluding hydrogens is 368 g/mol. The number of rotatable bonds is 6. The van der Waals surface area contributed by atoms with E-state index in [1.165, 1.54) is 0 Å². The van der Waals surface area contributed by atoms with Crippen molar-refractivity contribution in [2.75, 3.05) is 13.7 Å². The topological polar surface area (TPSA) is 81.4 Å². The molecule has 27 heavy (non-hydrogen) atoms. The third-order valence-corrected chi connectivity index (χ3v) is 4.12. The van der Waals surface area contributed by atoms with Gasteiger partial charge in [-0.05, 0) is 30.3 Å². The Hall–Kier alpha value is -3.30. The number of halogens is 1. The van der Waals surface area contributed by atoms with Crippen LogP contribution in [-0.2, 0) is 16.1 Å². The highest BCUT2D eigenvalue weighted by atomic mass is 35.5. The summed E-state index contributed by atoms with van der Waals surface area (Å²) in [5, 5.41) is 10.1. The number of pyridine rings is 1. The molecule has 136 valence electrons. The van der Waals surface area contributed by atoms with E-state index >= 15 is 0 Å². The number of nitriles is 1. The number of carbonyl (C=O) groups is 1. The SMILES string of the molecule is COc1ccc2cc(COC(=O)COc3ccccc3C#N)c(Cl)nc2c1. The van der Waals surface area contributed by atoms with Gasteiger partial charge in [0.2, 0.25) is 0 Å². The van der Waals surface area contributed by atoms with Gasteiger partial charge in [-0.25, -0.2) is 9.78 Å². The maximum absolute atomic E-state index is 11.9. The Labute approximate surface area is 160 Å². The van der Waals surface area contributed by atoms with E-state index in [0.717, 1.165) is 5.39 Å². The van der Waals surface area contributed by atoms with Gasteiger partial charge in [0.05, 0.1) is 18.2 Å². The number of aromatic nitrogens is 1. The lowest BCUT2D eigenvalue weighted by molar-refractivity contribution is -0.147. The van der Waals surface area contributed by atoms with Gasteiger partial charge in [0, 0.05) is 17.0 Å². The number of carbonyl (C=O) groups excluding carboxylic acids is 1. The molecule has 0 radical (unpaired) electrons. The molecule has 0 spiro atoms. The third kappa shape index (κ3) is 4.46. The van der Waals surface area contributed by atoms with Crippen LogP contribution in [0.1, 0.15) is 11.1 Å². The lowest BCUT2D eigenvalue weighted by Gasteiger charge is -2.10. The van der Waals surface area contributed by atoms with E-state index in [0.29, 0.717) is 28.1 Å². The second-order valence-electron chi connectivity index (χ2n) is 5.55. The van der Waals surface area contributed by atoms with Gasteiger partial charge < -0.3 is 14.2 Å². The largest absolute Gasteiger partial charge is 0.497 e. The summed E-state index contributed by atoms with van der Waals surface area (Å²) in [5.74, 6) is 0.435. The number of para-hydroxylation sites is 1. The number of nitrogens with zero attached hydrogens (tertiary/aromatic N) is 2. The Morgan fingerprint density at radius 1 is 1.22 bits per heavy atom. The Bertz CT molecular complexity index is 1030. The van der Waals surface area contributed by atoms with Crippen LogP contribution in [0.4, 0.5) is 0 Å². The fourth-order valence-corrected chi connectivity index (χ4v) is 2.62. The van der Waals surface area contributed by atoms with Crippen molar-refractivity contribution in [3.8, 4) is 17.6 Å². The molecule has 3 rings (SSSR count). The van der Waals surface area contributed by atoms with E-state index < -0.39 is 5.97 Å². The average Bonchev–Trinajstić information content (AvgIpc) is 2.70. The normalized spacial score (nSPS) is 10.3. The Balaban J connectivity index is 1.63. The van der Waals surface area contributed by atoms with Crippen molar-refractivity contribution >= 4 is 28.5 Å². The molecule has 0 N–H and O–H groups in total. The van der Waals surface area contributed by atoms with Gasteiger partial charge in [0.1, 0.15) is 29.3 Å². The number of hydrogen-bond donors (Lipinski definition) is 0. The summed E-state index contributed by atoms with van der Waals surface area (Å²) in [6, 6.07) is 15.9. The Morgan fingerprint density at radius 2 is 2.04 bits per heavy atom. The van der Waals surface area contributed by atoms with E-state index in [4.69, 9.17) is 31.1 Å². The van der Waals surface area contributed by atoms with Crippen LogP contribution < -0.4 is 9.47 Å².